The van der Waals surface area contributed by atoms with Gasteiger partial charge in [-0.1, -0.05) is 18.2 Å². The lowest BCUT2D eigenvalue weighted by atomic mass is 9.97. The largest absolute Gasteiger partial charge is 0.461 e. The molecule has 0 aliphatic carbocycles. The molecule has 1 aromatic carbocycles. The van der Waals surface area contributed by atoms with Gasteiger partial charge in [-0.2, -0.15) is 0 Å². The van der Waals surface area contributed by atoms with Crippen molar-refractivity contribution in [2.45, 2.75) is 61.4 Å². The number of aliphatic hydroxyl groups is 7. The summed E-state index contributed by atoms with van der Waals surface area (Å²) in [4.78, 5) is 30.9. The Morgan fingerprint density at radius 1 is 0.451 bits per heavy atom. The number of aromatic nitrogens is 7. The van der Waals surface area contributed by atoms with Gasteiger partial charge in [0.05, 0.1) is 36.0 Å². The van der Waals surface area contributed by atoms with Crippen LogP contribution >= 0.6 is 0 Å². The van der Waals surface area contributed by atoms with Crippen LogP contribution in [-0.4, -0.2) is 145 Å². The van der Waals surface area contributed by atoms with Gasteiger partial charge in [-0.3, -0.25) is 15.0 Å². The van der Waals surface area contributed by atoms with Crippen LogP contribution in [0, 0.1) is 0 Å². The number of pyridine rings is 3. The highest BCUT2D eigenvalue weighted by Crippen LogP contribution is 2.41. The zero-order chi connectivity index (χ0) is 48.8. The molecule has 9 N–H and O–H groups in total. The average Bonchev–Trinajstić information content (AvgIpc) is 4.26. The van der Waals surface area contributed by atoms with E-state index in [1.54, 1.807) is 49.3 Å². The summed E-state index contributed by atoms with van der Waals surface area (Å²) < 4.78 is 23.9. The highest BCUT2D eigenvalue weighted by Gasteiger charge is 2.51. The molecule has 2 fully saturated rings. The maximum Gasteiger partial charge on any atom is 0.229 e. The van der Waals surface area contributed by atoms with E-state index in [4.69, 9.17) is 28.9 Å². The zero-order valence-electron chi connectivity index (χ0n) is 37.5. The number of aromatic amines is 2. The molecule has 6 aromatic heterocycles. The highest BCUT2D eigenvalue weighted by molar-refractivity contribution is 6.00. The van der Waals surface area contributed by atoms with Crippen molar-refractivity contribution < 1.29 is 54.7 Å². The van der Waals surface area contributed by atoms with Crippen LogP contribution in [-0.2, 0) is 14.2 Å². The molecule has 10 atom stereocenters. The Morgan fingerprint density at radius 2 is 0.873 bits per heavy atom. The Hall–Kier alpha value is -7.33. The minimum absolute atomic E-state index is 0.214. The van der Waals surface area contributed by atoms with Gasteiger partial charge < -0.3 is 64.7 Å². The predicted octanol–water partition coefficient (Wildman–Crippen LogP) is 4.51. The Kier molecular flexibility index (Phi) is 12.6. The number of hydrogen-bond acceptors (Lipinski definition) is 16. The number of nitrogens with one attached hydrogen (secondary N) is 2. The molecule has 0 spiro atoms. The Morgan fingerprint density at radius 3 is 1.35 bits per heavy atom. The molecule has 0 unspecified atom stereocenters. The highest BCUT2D eigenvalue weighted by atomic mass is 16.7. The maximum atomic E-state index is 11.6. The number of fused-ring (bicyclic) bond motifs is 8. The molecule has 10 heterocycles. The molecule has 18 heteroatoms. The first kappa shape index (κ1) is 46.1. The lowest BCUT2D eigenvalue weighted by Crippen LogP contribution is -2.65. The number of ether oxygens (including phenoxy) is 4. The fourth-order valence-corrected chi connectivity index (χ4v) is 9.51. The van der Waals surface area contributed by atoms with Crippen LogP contribution in [0.3, 0.4) is 0 Å². The second kappa shape index (κ2) is 19.5. The molecule has 18 nitrogen and oxygen atoms in total. The fourth-order valence-electron chi connectivity index (χ4n) is 9.51. The molecule has 0 amide bonds. The van der Waals surface area contributed by atoms with Gasteiger partial charge in [-0.05, 0) is 108 Å². The van der Waals surface area contributed by atoms with E-state index in [9.17, 15) is 35.7 Å². The van der Waals surface area contributed by atoms with Crippen LogP contribution in [0.2, 0.25) is 0 Å². The standard InChI is InChI=1S/C53H47N7O11/c61-25-40-46(63)47(64)49(66)53(69-40)71-51-41(26-62)70-52(50(67)48(51)65)68-39-4-2-1-3-30(39)45-37-11-9-35(59-37)43(28-15-21-55-22-16-28)33-7-5-31(57-33)42(27-13-19-54-20-14-27)32-6-8-34(58-32)44(29-17-23-56-24-18-29)36-10-12-38(45)60-36/h1-24,40-41,46-53,57,60-67H,25-26H2/t40-,41-,46-,47+,48-,49-,50-,51-,52-,53-/m1/s1. The molecular formula is C53H47N7O11. The van der Waals surface area contributed by atoms with Crippen molar-refractivity contribution >= 4 is 46.4 Å². The summed E-state index contributed by atoms with van der Waals surface area (Å²) in [6.07, 6.45) is 1.94. The molecule has 8 bridgehead atoms. The third-order valence-electron chi connectivity index (χ3n) is 13.0. The second-order valence-electron chi connectivity index (χ2n) is 17.3. The fraction of sp³-hybridized carbons (Fsp3) is 0.226. The van der Waals surface area contributed by atoms with Gasteiger partial charge in [0.15, 0.2) is 6.29 Å². The van der Waals surface area contributed by atoms with Gasteiger partial charge in [-0.25, -0.2) is 9.97 Å². The van der Waals surface area contributed by atoms with Crippen LogP contribution in [0.15, 0.2) is 122 Å². The summed E-state index contributed by atoms with van der Waals surface area (Å²) in [6, 6.07) is 26.6. The van der Waals surface area contributed by atoms with Crippen molar-refractivity contribution in [2.24, 2.45) is 0 Å². The van der Waals surface area contributed by atoms with Gasteiger partial charge in [0.2, 0.25) is 6.29 Å². The van der Waals surface area contributed by atoms with E-state index in [-0.39, 0.29) is 5.75 Å². The first-order valence-corrected chi connectivity index (χ1v) is 22.9. The Bertz CT molecular complexity index is 3260. The zero-order valence-corrected chi connectivity index (χ0v) is 37.5. The topological polar surface area (TPSA) is 275 Å². The smallest absolute Gasteiger partial charge is 0.229 e. The molecule has 0 saturated carbocycles. The van der Waals surface area contributed by atoms with E-state index in [0.717, 1.165) is 55.6 Å². The minimum Gasteiger partial charge on any atom is -0.461 e. The Labute approximate surface area is 404 Å². The molecule has 4 aliphatic rings. The molecular weight excluding hydrogens is 911 g/mol. The first-order chi connectivity index (χ1) is 34.7. The number of H-pyrrole nitrogens is 2. The number of nitrogens with zero attached hydrogens (tertiary/aromatic N) is 5. The van der Waals surface area contributed by atoms with Gasteiger partial charge in [0.1, 0.15) is 54.6 Å². The average molecular weight is 958 g/mol. The summed E-state index contributed by atoms with van der Waals surface area (Å²) in [7, 11) is 0. The lowest BCUT2D eigenvalue weighted by molar-refractivity contribution is -0.352. The normalized spacial score (nSPS) is 25.1. The third-order valence-corrected chi connectivity index (χ3v) is 13.0. The van der Waals surface area contributed by atoms with Crippen molar-refractivity contribution in [1.82, 2.24) is 34.9 Å². The van der Waals surface area contributed by atoms with Crippen LogP contribution in [0.25, 0.3) is 90.9 Å². The number of para-hydroxylation sites is 1. The van der Waals surface area contributed by atoms with E-state index >= 15 is 0 Å². The SMILES string of the molecule is OC[C@H]1O[C@H](O[C@H]2[C@H](O)[C@@H](O)[C@H](Oc3ccccc3-c3c4nc(c(-c5ccncc5)c5ccc([nH]5)c(-c5ccncc5)c5nc(c(-c6ccncc6)c6ccc3[nH]6)C=C5)C=C4)O[C@@H]2CO)[C@H](O)[C@@H](O)[C@@H]1O. The number of hydrogen-bond donors (Lipinski definition) is 9. The van der Waals surface area contributed by atoms with E-state index in [1.807, 2.05) is 97.1 Å². The monoisotopic (exact) mass is 957 g/mol. The Balaban J connectivity index is 1.08. The van der Waals surface area contributed by atoms with Crippen molar-refractivity contribution in [3.05, 3.63) is 145 Å². The number of rotatable bonds is 10. The second-order valence-corrected chi connectivity index (χ2v) is 17.3. The maximum absolute atomic E-state index is 11.6. The van der Waals surface area contributed by atoms with Crippen molar-refractivity contribution in [3.8, 4) is 50.3 Å². The summed E-state index contributed by atoms with van der Waals surface area (Å²) in [5.41, 5.74) is 11.8. The van der Waals surface area contributed by atoms with Crippen molar-refractivity contribution in [3.63, 3.8) is 0 Å². The van der Waals surface area contributed by atoms with Crippen molar-refractivity contribution in [2.75, 3.05) is 13.2 Å². The van der Waals surface area contributed by atoms with E-state index in [0.29, 0.717) is 33.7 Å². The van der Waals surface area contributed by atoms with Crippen LogP contribution in [0.4, 0.5) is 0 Å². The third kappa shape index (κ3) is 8.61. The number of benzene rings is 1. The number of aliphatic hydroxyl groups excluding tert-OH is 7. The summed E-state index contributed by atoms with van der Waals surface area (Å²) in [5.74, 6) is 0.214. The van der Waals surface area contributed by atoms with Crippen LogP contribution in [0.1, 0.15) is 22.8 Å². The molecule has 4 aliphatic heterocycles. The quantitative estimate of drug-likeness (QED) is 0.0912. The first-order valence-electron chi connectivity index (χ1n) is 22.9. The molecule has 71 heavy (non-hydrogen) atoms. The van der Waals surface area contributed by atoms with Crippen LogP contribution in [0.5, 0.6) is 5.75 Å². The van der Waals surface area contributed by atoms with Crippen molar-refractivity contribution in [1.29, 1.82) is 0 Å². The van der Waals surface area contributed by atoms with Crippen LogP contribution < -0.4 is 4.74 Å². The summed E-state index contributed by atoms with van der Waals surface area (Å²) in [5, 5.41) is 74.8. The molecule has 0 radical (unpaired) electrons. The predicted molar refractivity (Wildman–Crippen MR) is 261 cm³/mol. The summed E-state index contributed by atoms with van der Waals surface area (Å²) in [6.45, 7) is -1.46. The molecule has 7 aromatic rings. The molecule has 11 rings (SSSR count). The van der Waals surface area contributed by atoms with Gasteiger partial charge in [-0.15, -0.1) is 0 Å². The molecule has 360 valence electrons. The summed E-state index contributed by atoms with van der Waals surface area (Å²) >= 11 is 0. The van der Waals surface area contributed by atoms with Gasteiger partial charge in [0.25, 0.3) is 0 Å². The lowest BCUT2D eigenvalue weighted by Gasteiger charge is -2.45. The van der Waals surface area contributed by atoms with E-state index in [1.165, 1.54) is 0 Å². The minimum atomic E-state index is -1.82. The van der Waals surface area contributed by atoms with E-state index in [2.05, 4.69) is 24.9 Å². The van der Waals surface area contributed by atoms with Gasteiger partial charge >= 0.3 is 0 Å². The molecule has 2 saturated heterocycles. The van der Waals surface area contributed by atoms with Gasteiger partial charge in [0, 0.05) is 87.1 Å². The van der Waals surface area contributed by atoms with E-state index < -0.39 is 74.6 Å².